The molecule has 0 saturated heterocycles. The van der Waals surface area contributed by atoms with Crippen molar-refractivity contribution in [3.05, 3.63) is 41.9 Å². The number of carbonyl (C=O) groups excluding carboxylic acids is 1. The van der Waals surface area contributed by atoms with Gasteiger partial charge in [0.15, 0.2) is 11.5 Å². The van der Waals surface area contributed by atoms with Crippen molar-refractivity contribution < 1.29 is 18.7 Å². The molecule has 1 aliphatic heterocycles. The van der Waals surface area contributed by atoms with E-state index in [9.17, 15) is 4.79 Å². The lowest BCUT2D eigenvalue weighted by molar-refractivity contribution is -0.0431. The van der Waals surface area contributed by atoms with Crippen LogP contribution in [0.1, 0.15) is 38.3 Å². The number of carbonyl (C=O) groups is 1. The van der Waals surface area contributed by atoms with Crippen molar-refractivity contribution in [2.45, 2.75) is 39.5 Å². The molecule has 0 radical (unpaired) electrons. The lowest BCUT2D eigenvalue weighted by Gasteiger charge is -2.16. The van der Waals surface area contributed by atoms with Gasteiger partial charge < -0.3 is 24.5 Å². The van der Waals surface area contributed by atoms with Crippen molar-refractivity contribution in [3.63, 3.8) is 0 Å². The summed E-state index contributed by atoms with van der Waals surface area (Å²) in [6.07, 6.45) is 0. The van der Waals surface area contributed by atoms with Crippen LogP contribution in [0.4, 0.5) is 10.5 Å². The second-order valence-electron chi connectivity index (χ2n) is 6.03. The number of amides is 2. The third-order valence-electron chi connectivity index (χ3n) is 3.45. The number of anilines is 1. The van der Waals surface area contributed by atoms with Crippen LogP contribution in [-0.2, 0) is 0 Å². The number of hydrogen-bond acceptors (Lipinski definition) is 4. The summed E-state index contributed by atoms with van der Waals surface area (Å²) in [7, 11) is 0. The summed E-state index contributed by atoms with van der Waals surface area (Å²) < 4.78 is 16.8. The fourth-order valence-electron chi connectivity index (χ4n) is 2.42. The Kier molecular flexibility index (Phi) is 3.67. The summed E-state index contributed by atoms with van der Waals surface area (Å²) >= 11 is 0. The maximum atomic E-state index is 12.1. The maximum absolute atomic E-state index is 12.1. The van der Waals surface area contributed by atoms with E-state index >= 15 is 0 Å². The van der Waals surface area contributed by atoms with Gasteiger partial charge in [0.05, 0.1) is 6.04 Å². The Morgan fingerprint density at radius 2 is 1.87 bits per heavy atom. The lowest BCUT2D eigenvalue weighted by Crippen LogP contribution is -2.31. The van der Waals surface area contributed by atoms with Crippen LogP contribution in [0.15, 0.2) is 34.7 Å². The fourth-order valence-corrected chi connectivity index (χ4v) is 2.42. The molecular weight excluding hydrogens is 296 g/mol. The molecule has 0 fully saturated rings. The third kappa shape index (κ3) is 3.41. The molecule has 0 aliphatic carbocycles. The van der Waals surface area contributed by atoms with Crippen LogP contribution in [0.3, 0.4) is 0 Å². The second-order valence-corrected chi connectivity index (χ2v) is 6.03. The second kappa shape index (κ2) is 5.53. The van der Waals surface area contributed by atoms with Gasteiger partial charge >= 0.3 is 6.03 Å². The number of urea groups is 1. The zero-order chi connectivity index (χ0) is 16.6. The number of benzene rings is 1. The molecule has 2 heterocycles. The molecular formula is C17H20N2O4. The van der Waals surface area contributed by atoms with E-state index in [4.69, 9.17) is 13.9 Å². The third-order valence-corrected chi connectivity index (χ3v) is 3.45. The Hall–Kier alpha value is -2.63. The maximum Gasteiger partial charge on any atom is 0.319 e. The van der Waals surface area contributed by atoms with Crippen LogP contribution in [0.25, 0.3) is 0 Å². The largest absolute Gasteiger partial charge is 0.464 e. The zero-order valence-electron chi connectivity index (χ0n) is 13.6. The summed E-state index contributed by atoms with van der Waals surface area (Å²) in [5.74, 6) is 2.12. The minimum Gasteiger partial charge on any atom is -0.464 e. The number of nitrogens with one attached hydrogen (secondary N) is 2. The standard InChI is InChI=1S/C17H20N2O4/c1-10-5-7-13(21-10)11(2)18-16(20)19-12-6-8-14-15(9-12)23-17(3,4)22-14/h5-9,11H,1-4H3,(H2,18,19,20). The van der Waals surface area contributed by atoms with Crippen molar-refractivity contribution in [2.24, 2.45) is 0 Å². The number of fused-ring (bicyclic) bond motifs is 1. The first-order valence-corrected chi connectivity index (χ1v) is 7.48. The summed E-state index contributed by atoms with van der Waals surface area (Å²) in [5, 5.41) is 5.61. The molecule has 1 atom stereocenters. The molecule has 0 bridgehead atoms. The summed E-state index contributed by atoms with van der Waals surface area (Å²) in [6.45, 7) is 7.39. The van der Waals surface area contributed by atoms with Gasteiger partial charge in [-0.25, -0.2) is 4.79 Å². The van der Waals surface area contributed by atoms with Crippen LogP contribution < -0.4 is 20.1 Å². The Bertz CT molecular complexity index is 736. The number of aryl methyl sites for hydroxylation is 1. The smallest absolute Gasteiger partial charge is 0.319 e. The summed E-state index contributed by atoms with van der Waals surface area (Å²) in [6, 6.07) is 8.46. The molecule has 0 saturated carbocycles. The molecule has 1 aromatic heterocycles. The zero-order valence-corrected chi connectivity index (χ0v) is 13.6. The van der Waals surface area contributed by atoms with Gasteiger partial charge in [-0.3, -0.25) is 0 Å². The molecule has 6 heteroatoms. The minimum atomic E-state index is -0.686. The van der Waals surface area contributed by atoms with Gasteiger partial charge in [0.2, 0.25) is 5.79 Å². The minimum absolute atomic E-state index is 0.225. The Morgan fingerprint density at radius 3 is 2.57 bits per heavy atom. The van der Waals surface area contributed by atoms with E-state index < -0.39 is 5.79 Å². The van der Waals surface area contributed by atoms with Crippen molar-refractivity contribution in [3.8, 4) is 11.5 Å². The summed E-state index contributed by atoms with van der Waals surface area (Å²) in [4.78, 5) is 12.1. The number of hydrogen-bond donors (Lipinski definition) is 2. The molecule has 6 nitrogen and oxygen atoms in total. The molecule has 2 N–H and O–H groups in total. The van der Waals surface area contributed by atoms with Gasteiger partial charge in [-0.2, -0.15) is 0 Å². The first-order chi connectivity index (χ1) is 10.8. The van der Waals surface area contributed by atoms with Crippen molar-refractivity contribution >= 4 is 11.7 Å². The number of ether oxygens (including phenoxy) is 2. The highest BCUT2D eigenvalue weighted by molar-refractivity contribution is 5.89. The lowest BCUT2D eigenvalue weighted by atomic mass is 10.2. The van der Waals surface area contributed by atoms with Crippen LogP contribution in [0, 0.1) is 6.92 Å². The van der Waals surface area contributed by atoms with Crippen molar-refractivity contribution in [1.29, 1.82) is 0 Å². The Labute approximate surface area is 134 Å². The first kappa shape index (κ1) is 15.3. The van der Waals surface area contributed by atoms with E-state index in [2.05, 4.69) is 10.6 Å². The van der Waals surface area contributed by atoms with E-state index in [-0.39, 0.29) is 12.1 Å². The first-order valence-electron chi connectivity index (χ1n) is 7.48. The molecule has 3 rings (SSSR count). The van der Waals surface area contributed by atoms with Gasteiger partial charge in [-0.15, -0.1) is 0 Å². The van der Waals surface area contributed by atoms with Crippen LogP contribution >= 0.6 is 0 Å². The van der Waals surface area contributed by atoms with Gasteiger partial charge in [0.1, 0.15) is 11.5 Å². The van der Waals surface area contributed by atoms with Crippen molar-refractivity contribution in [1.82, 2.24) is 5.32 Å². The van der Waals surface area contributed by atoms with E-state index in [1.165, 1.54) is 0 Å². The van der Waals surface area contributed by atoms with Gasteiger partial charge in [-0.1, -0.05) is 0 Å². The predicted molar refractivity (Wildman–Crippen MR) is 85.8 cm³/mol. The average Bonchev–Trinajstić information content (AvgIpc) is 2.99. The molecule has 1 aliphatic rings. The molecule has 1 aromatic carbocycles. The van der Waals surface area contributed by atoms with Crippen LogP contribution in [0.2, 0.25) is 0 Å². The molecule has 122 valence electrons. The fraction of sp³-hybridized carbons (Fsp3) is 0.353. The normalized spacial score (nSPS) is 16.0. The molecule has 0 spiro atoms. The summed E-state index contributed by atoms with van der Waals surface area (Å²) in [5.41, 5.74) is 0.630. The molecule has 2 aromatic rings. The van der Waals surface area contributed by atoms with Gasteiger partial charge in [0, 0.05) is 25.6 Å². The highest BCUT2D eigenvalue weighted by Gasteiger charge is 2.31. The number of rotatable bonds is 3. The molecule has 1 unspecified atom stereocenters. The topological polar surface area (TPSA) is 72.7 Å². The van der Waals surface area contributed by atoms with Gasteiger partial charge in [0.25, 0.3) is 0 Å². The van der Waals surface area contributed by atoms with E-state index in [0.717, 1.165) is 5.76 Å². The van der Waals surface area contributed by atoms with Gasteiger partial charge in [-0.05, 0) is 38.1 Å². The highest BCUT2D eigenvalue weighted by atomic mass is 16.7. The average molecular weight is 316 g/mol. The van der Waals surface area contributed by atoms with Crippen LogP contribution in [-0.4, -0.2) is 11.8 Å². The Balaban J connectivity index is 1.63. The van der Waals surface area contributed by atoms with Crippen molar-refractivity contribution in [2.75, 3.05) is 5.32 Å². The Morgan fingerprint density at radius 1 is 1.13 bits per heavy atom. The quantitative estimate of drug-likeness (QED) is 0.898. The number of furan rings is 1. The monoisotopic (exact) mass is 316 g/mol. The molecule has 2 amide bonds. The van der Waals surface area contributed by atoms with E-state index in [1.54, 1.807) is 18.2 Å². The highest BCUT2D eigenvalue weighted by Crippen LogP contribution is 2.40. The van der Waals surface area contributed by atoms with E-state index in [0.29, 0.717) is 22.9 Å². The molecule has 23 heavy (non-hydrogen) atoms. The van der Waals surface area contributed by atoms with Crippen LogP contribution in [0.5, 0.6) is 11.5 Å². The SMILES string of the molecule is Cc1ccc(C(C)NC(=O)Nc2ccc3c(c2)OC(C)(C)O3)o1. The predicted octanol–water partition coefficient (Wildman–Crippen LogP) is 3.98. The van der Waals surface area contributed by atoms with E-state index in [1.807, 2.05) is 39.8 Å².